The Balaban J connectivity index is 2.21. The number of carbonyl (C=O) groups excluding carboxylic acids is 1. The normalized spacial score (nSPS) is 10.4. The van der Waals surface area contributed by atoms with Crippen LogP contribution in [0.25, 0.3) is 0 Å². The summed E-state index contributed by atoms with van der Waals surface area (Å²) in [4.78, 5) is 11.8. The zero-order valence-electron chi connectivity index (χ0n) is 8.98. The van der Waals surface area contributed by atoms with Gasteiger partial charge in [-0.3, -0.25) is 14.6 Å². The van der Waals surface area contributed by atoms with Crippen molar-refractivity contribution in [3.05, 3.63) is 23.7 Å². The fourth-order valence-electron chi connectivity index (χ4n) is 1.28. The number of aromatic nitrogens is 4. The van der Waals surface area contributed by atoms with E-state index in [4.69, 9.17) is 5.73 Å². The molecule has 0 aliphatic rings. The highest BCUT2D eigenvalue weighted by molar-refractivity contribution is 6.06. The zero-order valence-corrected chi connectivity index (χ0v) is 8.98. The van der Waals surface area contributed by atoms with Gasteiger partial charge < -0.3 is 11.1 Å². The molecule has 0 unspecified atom stereocenters. The van der Waals surface area contributed by atoms with E-state index in [1.54, 1.807) is 30.9 Å². The maximum absolute atomic E-state index is 11.8. The summed E-state index contributed by atoms with van der Waals surface area (Å²) in [6.07, 6.45) is 1.59. The van der Waals surface area contributed by atoms with Crippen molar-refractivity contribution >= 4 is 17.4 Å². The van der Waals surface area contributed by atoms with Crippen LogP contribution < -0.4 is 11.1 Å². The van der Waals surface area contributed by atoms with Crippen LogP contribution in [0.15, 0.2) is 12.3 Å². The number of carbonyl (C=O) groups is 1. The molecular formula is C9H12N6O. The molecule has 2 aromatic rings. The highest BCUT2D eigenvalue weighted by Crippen LogP contribution is 2.14. The minimum atomic E-state index is -0.356. The van der Waals surface area contributed by atoms with Crippen molar-refractivity contribution in [2.45, 2.75) is 6.92 Å². The molecule has 0 radical (unpaired) electrons. The number of hydrogen-bond donors (Lipinski definition) is 3. The molecule has 0 spiro atoms. The Labute approximate surface area is 91.6 Å². The second-order valence-electron chi connectivity index (χ2n) is 3.41. The van der Waals surface area contributed by atoms with E-state index in [9.17, 15) is 4.79 Å². The molecule has 0 aromatic carbocycles. The van der Waals surface area contributed by atoms with Crippen molar-refractivity contribution in [2.24, 2.45) is 7.05 Å². The van der Waals surface area contributed by atoms with Crippen LogP contribution in [-0.4, -0.2) is 25.9 Å². The van der Waals surface area contributed by atoms with Gasteiger partial charge in [-0.1, -0.05) is 0 Å². The van der Waals surface area contributed by atoms with Gasteiger partial charge in [0.15, 0.2) is 5.69 Å². The van der Waals surface area contributed by atoms with Crippen molar-refractivity contribution in [1.29, 1.82) is 0 Å². The zero-order chi connectivity index (χ0) is 11.7. The van der Waals surface area contributed by atoms with Crippen LogP contribution in [0.3, 0.4) is 0 Å². The molecular weight excluding hydrogens is 208 g/mol. The fourth-order valence-corrected chi connectivity index (χ4v) is 1.28. The number of aromatic amines is 1. The van der Waals surface area contributed by atoms with E-state index in [0.29, 0.717) is 17.2 Å². The average Bonchev–Trinajstić information content (AvgIpc) is 2.77. The molecule has 2 heterocycles. The topological polar surface area (TPSA) is 102 Å². The summed E-state index contributed by atoms with van der Waals surface area (Å²) in [5.41, 5.74) is 6.92. The molecule has 0 saturated carbocycles. The first kappa shape index (κ1) is 10.2. The number of hydrogen-bond acceptors (Lipinski definition) is 4. The van der Waals surface area contributed by atoms with Gasteiger partial charge in [-0.2, -0.15) is 10.2 Å². The number of amides is 1. The minimum Gasteiger partial charge on any atom is -0.395 e. The Morgan fingerprint density at radius 3 is 2.88 bits per heavy atom. The van der Waals surface area contributed by atoms with Gasteiger partial charge in [0.05, 0.1) is 17.6 Å². The largest absolute Gasteiger partial charge is 0.395 e. The van der Waals surface area contributed by atoms with Crippen LogP contribution in [0.5, 0.6) is 0 Å². The Bertz CT molecular complexity index is 526. The van der Waals surface area contributed by atoms with Gasteiger partial charge in [0.25, 0.3) is 5.91 Å². The second kappa shape index (κ2) is 3.69. The van der Waals surface area contributed by atoms with E-state index < -0.39 is 0 Å². The highest BCUT2D eigenvalue weighted by atomic mass is 16.2. The smallest absolute Gasteiger partial charge is 0.279 e. The number of H-pyrrole nitrogens is 1. The number of anilines is 2. The molecule has 0 aliphatic carbocycles. The SMILES string of the molecule is Cc1[nH]nc(C(=O)Nc2ccnn2C)c1N. The van der Waals surface area contributed by atoms with Gasteiger partial charge in [0.2, 0.25) is 0 Å². The molecule has 7 nitrogen and oxygen atoms in total. The van der Waals surface area contributed by atoms with Crippen molar-refractivity contribution in [1.82, 2.24) is 20.0 Å². The van der Waals surface area contributed by atoms with E-state index >= 15 is 0 Å². The summed E-state index contributed by atoms with van der Waals surface area (Å²) < 4.78 is 1.55. The first-order chi connectivity index (χ1) is 7.59. The maximum atomic E-state index is 11.8. The van der Waals surface area contributed by atoms with E-state index in [1.807, 2.05) is 0 Å². The van der Waals surface area contributed by atoms with Gasteiger partial charge >= 0.3 is 0 Å². The molecule has 7 heteroatoms. The van der Waals surface area contributed by atoms with Crippen molar-refractivity contribution < 1.29 is 4.79 Å². The predicted molar refractivity (Wildman–Crippen MR) is 58.9 cm³/mol. The molecule has 16 heavy (non-hydrogen) atoms. The molecule has 2 aromatic heterocycles. The summed E-state index contributed by atoms with van der Waals surface area (Å²) in [6, 6.07) is 1.69. The summed E-state index contributed by atoms with van der Waals surface area (Å²) in [5.74, 6) is 0.232. The molecule has 4 N–H and O–H groups in total. The van der Waals surface area contributed by atoms with Gasteiger partial charge in [-0.15, -0.1) is 0 Å². The average molecular weight is 220 g/mol. The standard InChI is InChI=1S/C9H12N6O/c1-5-7(10)8(14-13-5)9(16)12-6-3-4-11-15(6)2/h3-4H,10H2,1-2H3,(H,12,16)(H,13,14). The quantitative estimate of drug-likeness (QED) is 0.676. The fraction of sp³-hybridized carbons (Fsp3) is 0.222. The van der Waals surface area contributed by atoms with Crippen LogP contribution in [0.4, 0.5) is 11.5 Å². The van der Waals surface area contributed by atoms with Crippen LogP contribution >= 0.6 is 0 Å². The molecule has 0 bridgehead atoms. The third kappa shape index (κ3) is 1.62. The first-order valence-electron chi connectivity index (χ1n) is 4.69. The Kier molecular flexibility index (Phi) is 2.35. The second-order valence-corrected chi connectivity index (χ2v) is 3.41. The Morgan fingerprint density at radius 2 is 2.38 bits per heavy atom. The number of nitrogens with zero attached hydrogens (tertiary/aromatic N) is 3. The first-order valence-corrected chi connectivity index (χ1v) is 4.69. The van der Waals surface area contributed by atoms with Gasteiger partial charge in [-0.05, 0) is 6.92 Å². The molecule has 0 fully saturated rings. The van der Waals surface area contributed by atoms with E-state index in [0.717, 1.165) is 0 Å². The van der Waals surface area contributed by atoms with Crippen LogP contribution in [0.2, 0.25) is 0 Å². The van der Waals surface area contributed by atoms with Gasteiger partial charge in [-0.25, -0.2) is 0 Å². The summed E-state index contributed by atoms with van der Waals surface area (Å²) in [6.45, 7) is 1.75. The predicted octanol–water partition coefficient (Wildman–Crippen LogP) is 0.286. The summed E-state index contributed by atoms with van der Waals surface area (Å²) in [5, 5.41) is 13.1. The number of aryl methyl sites for hydroxylation is 2. The third-order valence-electron chi connectivity index (χ3n) is 2.27. The number of nitrogen functional groups attached to an aromatic ring is 1. The van der Waals surface area contributed by atoms with E-state index in [-0.39, 0.29) is 11.6 Å². The third-order valence-corrected chi connectivity index (χ3v) is 2.27. The monoisotopic (exact) mass is 220 g/mol. The summed E-state index contributed by atoms with van der Waals surface area (Å²) in [7, 11) is 1.73. The number of nitrogens with one attached hydrogen (secondary N) is 2. The van der Waals surface area contributed by atoms with Crippen LogP contribution in [0.1, 0.15) is 16.2 Å². The molecule has 1 amide bonds. The lowest BCUT2D eigenvalue weighted by Gasteiger charge is -2.03. The Morgan fingerprint density at radius 1 is 1.62 bits per heavy atom. The molecule has 84 valence electrons. The Hall–Kier alpha value is -2.31. The molecule has 2 rings (SSSR count). The number of rotatable bonds is 2. The molecule has 0 aliphatic heterocycles. The van der Waals surface area contributed by atoms with Crippen molar-refractivity contribution in [3.63, 3.8) is 0 Å². The maximum Gasteiger partial charge on any atom is 0.279 e. The number of nitrogens with two attached hydrogens (primary N) is 1. The van der Waals surface area contributed by atoms with E-state index in [1.165, 1.54) is 0 Å². The lowest BCUT2D eigenvalue weighted by Crippen LogP contribution is -2.16. The highest BCUT2D eigenvalue weighted by Gasteiger charge is 2.16. The van der Waals surface area contributed by atoms with E-state index in [2.05, 4.69) is 20.6 Å². The lowest BCUT2D eigenvalue weighted by molar-refractivity contribution is 0.102. The van der Waals surface area contributed by atoms with Crippen molar-refractivity contribution in [3.8, 4) is 0 Å². The molecule has 0 atom stereocenters. The van der Waals surface area contributed by atoms with Gasteiger partial charge in [0, 0.05) is 13.1 Å². The minimum absolute atomic E-state index is 0.193. The van der Waals surface area contributed by atoms with Crippen LogP contribution in [-0.2, 0) is 7.05 Å². The van der Waals surface area contributed by atoms with Crippen LogP contribution in [0, 0.1) is 6.92 Å². The van der Waals surface area contributed by atoms with Crippen molar-refractivity contribution in [2.75, 3.05) is 11.1 Å². The van der Waals surface area contributed by atoms with Gasteiger partial charge in [0.1, 0.15) is 5.82 Å². The molecule has 0 saturated heterocycles. The lowest BCUT2D eigenvalue weighted by atomic mass is 10.3. The summed E-state index contributed by atoms with van der Waals surface area (Å²) >= 11 is 0.